The minimum absolute atomic E-state index is 0.108. The van der Waals surface area contributed by atoms with Gasteiger partial charge in [0.2, 0.25) is 0 Å². The molecular weight excluding hydrogens is 351 g/mol. The Balaban J connectivity index is 2.86. The van der Waals surface area contributed by atoms with E-state index in [1.54, 1.807) is 0 Å². The summed E-state index contributed by atoms with van der Waals surface area (Å²) >= 11 is 8.71. The van der Waals surface area contributed by atoms with Crippen LogP contribution in [0.4, 0.5) is 17.6 Å². The number of alkyl halides is 3. The molecular formula is C12H12BrClF4O. The van der Waals surface area contributed by atoms with E-state index in [4.69, 9.17) is 11.6 Å². The molecule has 1 rings (SSSR count). The summed E-state index contributed by atoms with van der Waals surface area (Å²) in [4.78, 5) is 0. The van der Waals surface area contributed by atoms with Crippen LogP contribution >= 0.6 is 27.5 Å². The van der Waals surface area contributed by atoms with E-state index in [2.05, 4.69) is 15.9 Å². The number of aliphatic hydroxyl groups is 1. The molecule has 1 atom stereocenters. The van der Waals surface area contributed by atoms with Crippen LogP contribution in [0.15, 0.2) is 16.6 Å². The highest BCUT2D eigenvalue weighted by atomic mass is 79.9. The van der Waals surface area contributed by atoms with Crippen LogP contribution in [-0.2, 0) is 5.60 Å². The van der Waals surface area contributed by atoms with Crippen molar-refractivity contribution < 1.29 is 22.7 Å². The third-order valence-corrected chi connectivity index (χ3v) is 4.00. The molecule has 19 heavy (non-hydrogen) atoms. The Morgan fingerprint density at radius 3 is 2.37 bits per heavy atom. The van der Waals surface area contributed by atoms with Crippen molar-refractivity contribution in [1.82, 2.24) is 0 Å². The maximum atomic E-state index is 13.9. The lowest BCUT2D eigenvalue weighted by atomic mass is 9.90. The lowest BCUT2D eigenvalue weighted by Gasteiger charge is -2.25. The first kappa shape index (κ1) is 16.7. The molecule has 0 radical (unpaired) electrons. The van der Waals surface area contributed by atoms with E-state index in [1.807, 2.05) is 0 Å². The molecule has 7 heteroatoms. The number of rotatable bonds is 4. The van der Waals surface area contributed by atoms with Crippen molar-refractivity contribution in [1.29, 1.82) is 0 Å². The van der Waals surface area contributed by atoms with Crippen LogP contribution in [0.1, 0.15) is 31.7 Å². The highest BCUT2D eigenvalue weighted by molar-refractivity contribution is 9.10. The van der Waals surface area contributed by atoms with Gasteiger partial charge in [-0.15, -0.1) is 0 Å². The van der Waals surface area contributed by atoms with E-state index in [0.29, 0.717) is 4.47 Å². The van der Waals surface area contributed by atoms with Crippen LogP contribution in [0, 0.1) is 5.82 Å². The monoisotopic (exact) mass is 362 g/mol. The smallest absolute Gasteiger partial charge is 0.385 e. The summed E-state index contributed by atoms with van der Waals surface area (Å²) in [6.45, 7) is 1.27. The molecule has 0 aliphatic carbocycles. The molecule has 1 unspecified atom stereocenters. The Morgan fingerprint density at radius 1 is 1.26 bits per heavy atom. The van der Waals surface area contributed by atoms with Gasteiger partial charge in [0.1, 0.15) is 5.82 Å². The molecule has 0 aliphatic heterocycles. The van der Waals surface area contributed by atoms with E-state index < -0.39 is 24.0 Å². The van der Waals surface area contributed by atoms with Crippen molar-refractivity contribution in [3.8, 4) is 0 Å². The maximum Gasteiger partial charge on any atom is 0.389 e. The Hall–Kier alpha value is -0.330. The molecule has 0 spiro atoms. The third-order valence-electron chi connectivity index (χ3n) is 2.74. The molecule has 1 aromatic rings. The zero-order valence-corrected chi connectivity index (χ0v) is 12.3. The first-order chi connectivity index (χ1) is 8.54. The molecule has 0 saturated carbocycles. The molecule has 0 saturated heterocycles. The molecule has 1 N–H and O–H groups in total. The summed E-state index contributed by atoms with van der Waals surface area (Å²) in [5.41, 5.74) is -1.80. The summed E-state index contributed by atoms with van der Waals surface area (Å²) in [6, 6.07) is 2.75. The molecule has 1 aromatic carbocycles. The molecule has 0 aliphatic rings. The van der Waals surface area contributed by atoms with Crippen molar-refractivity contribution in [2.75, 3.05) is 0 Å². The quantitative estimate of drug-likeness (QED) is 0.577. The number of hydrogen-bond acceptors (Lipinski definition) is 1. The average Bonchev–Trinajstić information content (AvgIpc) is 2.23. The van der Waals surface area contributed by atoms with Gasteiger partial charge in [0.15, 0.2) is 0 Å². The van der Waals surface area contributed by atoms with E-state index in [-0.39, 0.29) is 23.4 Å². The van der Waals surface area contributed by atoms with Crippen LogP contribution < -0.4 is 0 Å². The van der Waals surface area contributed by atoms with E-state index in [0.717, 1.165) is 0 Å². The van der Waals surface area contributed by atoms with Crippen LogP contribution in [0.2, 0.25) is 5.02 Å². The summed E-state index contributed by atoms with van der Waals surface area (Å²) in [5, 5.41) is 9.90. The second kappa shape index (κ2) is 5.97. The topological polar surface area (TPSA) is 20.2 Å². The average molecular weight is 364 g/mol. The predicted molar refractivity (Wildman–Crippen MR) is 68.6 cm³/mol. The largest absolute Gasteiger partial charge is 0.389 e. The molecule has 0 bridgehead atoms. The minimum atomic E-state index is -4.29. The van der Waals surface area contributed by atoms with Gasteiger partial charge in [-0.25, -0.2) is 4.39 Å². The zero-order valence-electron chi connectivity index (χ0n) is 9.99. The minimum Gasteiger partial charge on any atom is -0.385 e. The predicted octanol–water partition coefficient (Wildman–Crippen LogP) is 5.18. The standard InChI is InChI=1S/C12H12BrClF4O/c1-11(19,5-2-6-12(16,17)18)7-3-4-8(13)9(14)10(7)15/h3-4,19H,2,5-6H2,1H3. The SMILES string of the molecule is CC(O)(CCCC(F)(F)F)c1ccc(Br)c(Cl)c1F. The Kier molecular flexibility index (Phi) is 5.26. The normalized spacial score (nSPS) is 15.4. The Bertz CT molecular complexity index is 460. The van der Waals surface area contributed by atoms with Crippen LogP contribution in [0.5, 0.6) is 0 Å². The van der Waals surface area contributed by atoms with Gasteiger partial charge in [0.05, 0.1) is 10.6 Å². The van der Waals surface area contributed by atoms with Gasteiger partial charge in [-0.1, -0.05) is 17.7 Å². The second-order valence-electron chi connectivity index (χ2n) is 4.47. The first-order valence-electron chi connectivity index (χ1n) is 5.48. The van der Waals surface area contributed by atoms with Gasteiger partial charge >= 0.3 is 6.18 Å². The van der Waals surface area contributed by atoms with Gasteiger partial charge in [-0.3, -0.25) is 0 Å². The molecule has 108 valence electrons. The van der Waals surface area contributed by atoms with Gasteiger partial charge in [0, 0.05) is 16.5 Å². The van der Waals surface area contributed by atoms with Gasteiger partial charge < -0.3 is 5.11 Å². The molecule has 0 aromatic heterocycles. The summed E-state index contributed by atoms with van der Waals surface area (Å²) < 4.78 is 50.3. The fourth-order valence-corrected chi connectivity index (χ4v) is 2.18. The van der Waals surface area contributed by atoms with Crippen molar-refractivity contribution >= 4 is 27.5 Å². The van der Waals surface area contributed by atoms with E-state index in [9.17, 15) is 22.7 Å². The van der Waals surface area contributed by atoms with Crippen molar-refractivity contribution in [2.45, 2.75) is 38.0 Å². The second-order valence-corrected chi connectivity index (χ2v) is 5.70. The van der Waals surface area contributed by atoms with Crippen LogP contribution in [0.25, 0.3) is 0 Å². The highest BCUT2D eigenvalue weighted by Gasteiger charge is 2.32. The van der Waals surface area contributed by atoms with Crippen LogP contribution in [0.3, 0.4) is 0 Å². The fraction of sp³-hybridized carbons (Fsp3) is 0.500. The summed E-state index contributed by atoms with van der Waals surface area (Å²) in [5.74, 6) is -0.826. The van der Waals surface area contributed by atoms with Crippen molar-refractivity contribution in [3.05, 3.63) is 33.0 Å². The fourth-order valence-electron chi connectivity index (χ4n) is 1.71. The van der Waals surface area contributed by atoms with Gasteiger partial charge in [-0.05, 0) is 41.8 Å². The first-order valence-corrected chi connectivity index (χ1v) is 6.65. The molecule has 0 amide bonds. The Morgan fingerprint density at radius 2 is 1.84 bits per heavy atom. The number of halogens is 6. The lowest BCUT2D eigenvalue weighted by molar-refractivity contribution is -0.137. The number of hydrogen-bond donors (Lipinski definition) is 1. The van der Waals surface area contributed by atoms with Crippen molar-refractivity contribution in [2.24, 2.45) is 0 Å². The Labute approximate surface area is 121 Å². The summed E-state index contributed by atoms with van der Waals surface area (Å²) in [7, 11) is 0. The van der Waals surface area contributed by atoms with Crippen molar-refractivity contribution in [3.63, 3.8) is 0 Å². The van der Waals surface area contributed by atoms with Crippen LogP contribution in [-0.4, -0.2) is 11.3 Å². The molecule has 1 nitrogen and oxygen atoms in total. The van der Waals surface area contributed by atoms with Gasteiger partial charge in [-0.2, -0.15) is 13.2 Å². The molecule has 0 fully saturated rings. The van der Waals surface area contributed by atoms with Gasteiger partial charge in [0.25, 0.3) is 0 Å². The third kappa shape index (κ3) is 4.61. The number of benzene rings is 1. The lowest BCUT2D eigenvalue weighted by Crippen LogP contribution is -2.23. The maximum absolute atomic E-state index is 13.9. The van der Waals surface area contributed by atoms with E-state index >= 15 is 0 Å². The zero-order chi connectivity index (χ0) is 14.8. The highest BCUT2D eigenvalue weighted by Crippen LogP contribution is 2.36. The van der Waals surface area contributed by atoms with E-state index in [1.165, 1.54) is 19.1 Å². The molecule has 0 heterocycles. The summed E-state index contributed by atoms with van der Waals surface area (Å²) in [6.07, 6.45) is -5.80.